The number of nitrogens with two attached hydrogens (primary N) is 1. The van der Waals surface area contributed by atoms with Gasteiger partial charge in [0.05, 0.1) is 6.61 Å². The van der Waals surface area contributed by atoms with Crippen LogP contribution in [0.15, 0.2) is 23.1 Å². The first kappa shape index (κ1) is 17.2. The van der Waals surface area contributed by atoms with Crippen molar-refractivity contribution in [2.45, 2.75) is 43.0 Å². The summed E-state index contributed by atoms with van der Waals surface area (Å²) in [4.78, 5) is 0.175. The summed E-state index contributed by atoms with van der Waals surface area (Å²) in [6.07, 6.45) is 0.711. The normalized spacial score (nSPS) is 12.6. The standard InChI is InChI=1S/C14H20F3NOS/c1-13(2,3)11-9-10(20-14(15,16)17)5-6-12(11)19-8-4-7-18/h5-6,9H,4,7-8,18H2,1-3H3. The maximum Gasteiger partial charge on any atom is 0.446 e. The van der Waals surface area contributed by atoms with E-state index in [4.69, 9.17) is 10.5 Å². The number of alkyl halides is 3. The first-order valence-electron chi connectivity index (χ1n) is 6.36. The average molecular weight is 307 g/mol. The fourth-order valence-electron chi connectivity index (χ4n) is 1.68. The van der Waals surface area contributed by atoms with Crippen LogP contribution in [-0.2, 0) is 5.41 Å². The van der Waals surface area contributed by atoms with Crippen LogP contribution in [0.25, 0.3) is 0 Å². The van der Waals surface area contributed by atoms with Gasteiger partial charge in [-0.1, -0.05) is 20.8 Å². The third-order valence-electron chi connectivity index (χ3n) is 2.60. The van der Waals surface area contributed by atoms with Crippen molar-refractivity contribution in [3.63, 3.8) is 0 Å². The molecule has 0 aliphatic rings. The molecule has 0 fully saturated rings. The molecule has 0 aliphatic carbocycles. The molecule has 0 spiro atoms. The third kappa shape index (κ3) is 5.63. The van der Waals surface area contributed by atoms with Crippen LogP contribution in [0.5, 0.6) is 5.75 Å². The number of halogens is 3. The molecule has 20 heavy (non-hydrogen) atoms. The molecule has 1 aromatic carbocycles. The van der Waals surface area contributed by atoms with Crippen molar-refractivity contribution in [3.05, 3.63) is 23.8 Å². The highest BCUT2D eigenvalue weighted by molar-refractivity contribution is 8.00. The topological polar surface area (TPSA) is 35.2 Å². The zero-order valence-corrected chi connectivity index (χ0v) is 12.7. The summed E-state index contributed by atoms with van der Waals surface area (Å²) in [5, 5.41) is 0. The molecule has 1 rings (SSSR count). The number of rotatable bonds is 5. The second kappa shape index (κ2) is 6.72. The van der Waals surface area contributed by atoms with Crippen molar-refractivity contribution >= 4 is 11.8 Å². The molecule has 0 saturated heterocycles. The Morgan fingerprint density at radius 3 is 2.35 bits per heavy atom. The number of thioether (sulfide) groups is 1. The Morgan fingerprint density at radius 2 is 1.85 bits per heavy atom. The lowest BCUT2D eigenvalue weighted by Gasteiger charge is -2.24. The van der Waals surface area contributed by atoms with Gasteiger partial charge in [-0.2, -0.15) is 13.2 Å². The molecule has 0 bridgehead atoms. The minimum Gasteiger partial charge on any atom is -0.493 e. The zero-order valence-electron chi connectivity index (χ0n) is 11.9. The second-order valence-electron chi connectivity index (χ2n) is 5.45. The Kier molecular flexibility index (Phi) is 5.77. The van der Waals surface area contributed by atoms with E-state index in [1.54, 1.807) is 12.1 Å². The predicted octanol–water partition coefficient (Wildman–Crippen LogP) is 4.32. The van der Waals surface area contributed by atoms with E-state index in [1.807, 2.05) is 20.8 Å². The van der Waals surface area contributed by atoms with Gasteiger partial charge in [-0.25, -0.2) is 0 Å². The molecule has 0 saturated carbocycles. The summed E-state index contributed by atoms with van der Waals surface area (Å²) < 4.78 is 42.9. The van der Waals surface area contributed by atoms with Gasteiger partial charge in [0.1, 0.15) is 5.75 Å². The Hall–Kier alpha value is -0.880. The lowest BCUT2D eigenvalue weighted by Crippen LogP contribution is -2.15. The van der Waals surface area contributed by atoms with Crippen molar-refractivity contribution in [1.29, 1.82) is 0 Å². The lowest BCUT2D eigenvalue weighted by molar-refractivity contribution is -0.0328. The van der Waals surface area contributed by atoms with Crippen LogP contribution < -0.4 is 10.5 Å². The van der Waals surface area contributed by atoms with Crippen LogP contribution >= 0.6 is 11.8 Å². The van der Waals surface area contributed by atoms with Gasteiger partial charge >= 0.3 is 5.51 Å². The first-order chi connectivity index (χ1) is 9.13. The SMILES string of the molecule is CC(C)(C)c1cc(SC(F)(F)F)ccc1OCCCN. The molecule has 114 valence electrons. The molecular weight excluding hydrogens is 287 g/mol. The minimum absolute atomic E-state index is 0.107. The monoisotopic (exact) mass is 307 g/mol. The van der Waals surface area contributed by atoms with E-state index in [2.05, 4.69) is 0 Å². The molecule has 6 heteroatoms. The van der Waals surface area contributed by atoms with Gasteiger partial charge in [-0.3, -0.25) is 0 Å². The number of ether oxygens (including phenoxy) is 1. The molecule has 2 nitrogen and oxygen atoms in total. The lowest BCUT2D eigenvalue weighted by atomic mass is 9.86. The van der Waals surface area contributed by atoms with E-state index in [-0.39, 0.29) is 22.1 Å². The van der Waals surface area contributed by atoms with Crippen LogP contribution in [-0.4, -0.2) is 18.7 Å². The van der Waals surface area contributed by atoms with E-state index in [1.165, 1.54) is 6.07 Å². The summed E-state index contributed by atoms with van der Waals surface area (Å²) in [7, 11) is 0. The fraction of sp³-hybridized carbons (Fsp3) is 0.571. The molecule has 0 aliphatic heterocycles. The summed E-state index contributed by atoms with van der Waals surface area (Å²) in [6, 6.07) is 4.59. The number of hydrogen-bond acceptors (Lipinski definition) is 3. The molecule has 0 radical (unpaired) electrons. The van der Waals surface area contributed by atoms with E-state index in [0.29, 0.717) is 25.3 Å². The highest BCUT2D eigenvalue weighted by Crippen LogP contribution is 2.40. The highest BCUT2D eigenvalue weighted by atomic mass is 32.2. The fourth-order valence-corrected chi connectivity index (χ4v) is 2.26. The molecule has 0 amide bonds. The molecule has 0 atom stereocenters. The highest BCUT2D eigenvalue weighted by Gasteiger charge is 2.30. The third-order valence-corrected chi connectivity index (χ3v) is 3.32. The summed E-state index contributed by atoms with van der Waals surface area (Å²) in [6.45, 7) is 6.82. The minimum atomic E-state index is -4.28. The summed E-state index contributed by atoms with van der Waals surface area (Å²) in [5.74, 6) is 0.623. The molecule has 0 unspecified atom stereocenters. The van der Waals surface area contributed by atoms with Gasteiger partial charge in [-0.05, 0) is 48.3 Å². The van der Waals surface area contributed by atoms with Gasteiger partial charge in [0.15, 0.2) is 0 Å². The largest absolute Gasteiger partial charge is 0.493 e. The van der Waals surface area contributed by atoms with Gasteiger partial charge in [0.25, 0.3) is 0 Å². The number of hydrogen-bond donors (Lipinski definition) is 1. The van der Waals surface area contributed by atoms with Crippen molar-refractivity contribution in [2.24, 2.45) is 5.73 Å². The first-order valence-corrected chi connectivity index (χ1v) is 7.18. The quantitative estimate of drug-likeness (QED) is 0.650. The smallest absolute Gasteiger partial charge is 0.446 e. The molecule has 2 N–H and O–H groups in total. The Balaban J connectivity index is 3.01. The van der Waals surface area contributed by atoms with E-state index in [9.17, 15) is 13.2 Å². The predicted molar refractivity (Wildman–Crippen MR) is 76.2 cm³/mol. The van der Waals surface area contributed by atoms with Crippen molar-refractivity contribution in [1.82, 2.24) is 0 Å². The second-order valence-corrected chi connectivity index (χ2v) is 6.58. The maximum absolute atomic E-state index is 12.4. The molecule has 1 aromatic rings. The summed E-state index contributed by atoms with van der Waals surface area (Å²) in [5.41, 5.74) is 1.60. The summed E-state index contributed by atoms with van der Waals surface area (Å²) >= 11 is -0.107. The molecule has 0 aromatic heterocycles. The zero-order chi connectivity index (χ0) is 15.4. The van der Waals surface area contributed by atoms with E-state index in [0.717, 1.165) is 5.56 Å². The van der Waals surface area contributed by atoms with Gasteiger partial charge in [-0.15, -0.1) is 0 Å². The Labute approximate surface area is 121 Å². The van der Waals surface area contributed by atoms with Crippen LogP contribution in [0.2, 0.25) is 0 Å². The average Bonchev–Trinajstić information content (AvgIpc) is 2.27. The van der Waals surface area contributed by atoms with Crippen molar-refractivity contribution < 1.29 is 17.9 Å². The van der Waals surface area contributed by atoms with Crippen LogP contribution in [0.4, 0.5) is 13.2 Å². The van der Waals surface area contributed by atoms with E-state index >= 15 is 0 Å². The molecule has 0 heterocycles. The van der Waals surface area contributed by atoms with E-state index < -0.39 is 5.51 Å². The van der Waals surface area contributed by atoms with Crippen LogP contribution in [0.1, 0.15) is 32.8 Å². The number of benzene rings is 1. The molecular formula is C14H20F3NOS. The van der Waals surface area contributed by atoms with Gasteiger partial charge < -0.3 is 10.5 Å². The van der Waals surface area contributed by atoms with Gasteiger partial charge in [0, 0.05) is 10.5 Å². The van der Waals surface area contributed by atoms with Crippen molar-refractivity contribution in [3.8, 4) is 5.75 Å². The van der Waals surface area contributed by atoms with Crippen LogP contribution in [0, 0.1) is 0 Å². The maximum atomic E-state index is 12.4. The van der Waals surface area contributed by atoms with Crippen LogP contribution in [0.3, 0.4) is 0 Å². The van der Waals surface area contributed by atoms with Gasteiger partial charge in [0.2, 0.25) is 0 Å². The Bertz CT molecular complexity index is 441. The Morgan fingerprint density at radius 1 is 1.20 bits per heavy atom. The van der Waals surface area contributed by atoms with Crippen molar-refractivity contribution in [2.75, 3.05) is 13.2 Å².